The van der Waals surface area contributed by atoms with E-state index in [2.05, 4.69) is 37.5 Å². The summed E-state index contributed by atoms with van der Waals surface area (Å²) in [6, 6.07) is 9.44. The highest BCUT2D eigenvalue weighted by Crippen LogP contribution is 2.37. The minimum atomic E-state index is -0.571. The molecule has 0 aliphatic heterocycles. The van der Waals surface area contributed by atoms with E-state index in [1.807, 2.05) is 30.3 Å². The van der Waals surface area contributed by atoms with E-state index in [0.717, 1.165) is 18.4 Å². The molecule has 1 aromatic carbocycles. The van der Waals surface area contributed by atoms with Crippen LogP contribution in [0.3, 0.4) is 0 Å². The van der Waals surface area contributed by atoms with Crippen molar-refractivity contribution in [1.29, 1.82) is 5.53 Å². The minimum Gasteiger partial charge on any atom is -0.445 e. The van der Waals surface area contributed by atoms with E-state index in [1.54, 1.807) is 20.8 Å². The van der Waals surface area contributed by atoms with E-state index in [4.69, 9.17) is 27.2 Å². The third-order valence-corrected chi connectivity index (χ3v) is 4.31. The fourth-order valence-electron chi connectivity index (χ4n) is 2.21. The molecule has 164 valence electrons. The van der Waals surface area contributed by atoms with Crippen LogP contribution in [0.2, 0.25) is 0 Å². The number of thiocarbonyl (C=S) groups is 1. The fraction of sp³-hybridized carbons (Fsp3) is 0.500. The highest BCUT2D eigenvalue weighted by Gasteiger charge is 2.48. The average molecular weight is 457 g/mol. The monoisotopic (exact) mass is 456 g/mol. The molecule has 3 N–H and O–H groups in total. The Balaban J connectivity index is 0.000000804. The summed E-state index contributed by atoms with van der Waals surface area (Å²) in [5, 5.41) is 10.5. The van der Waals surface area contributed by atoms with Gasteiger partial charge in [0.25, 0.3) is 0 Å². The zero-order valence-electron chi connectivity index (χ0n) is 17.0. The van der Waals surface area contributed by atoms with Gasteiger partial charge < -0.3 is 20.1 Å². The number of nitrogens with one attached hydrogen (secondary N) is 3. The van der Waals surface area contributed by atoms with Crippen LogP contribution in [0.15, 0.2) is 45.4 Å². The summed E-state index contributed by atoms with van der Waals surface area (Å²) in [7, 11) is 0. The van der Waals surface area contributed by atoms with E-state index < -0.39 is 23.3 Å². The smallest absolute Gasteiger partial charge is 0.408 e. The van der Waals surface area contributed by atoms with Gasteiger partial charge in [0.05, 0.1) is 23.9 Å². The van der Waals surface area contributed by atoms with Crippen molar-refractivity contribution < 1.29 is 19.1 Å². The van der Waals surface area contributed by atoms with Crippen LogP contribution in [0.4, 0.5) is 9.59 Å². The molecule has 0 unspecified atom stereocenters. The van der Waals surface area contributed by atoms with Gasteiger partial charge in [0, 0.05) is 4.86 Å². The van der Waals surface area contributed by atoms with Gasteiger partial charge in [-0.3, -0.25) is 0 Å². The van der Waals surface area contributed by atoms with Crippen molar-refractivity contribution in [2.45, 2.75) is 51.4 Å². The van der Waals surface area contributed by atoms with Gasteiger partial charge in [-0.15, -0.1) is 0 Å². The van der Waals surface area contributed by atoms with E-state index in [0.29, 0.717) is 4.86 Å². The van der Waals surface area contributed by atoms with Crippen molar-refractivity contribution in [3.63, 3.8) is 0 Å². The molecule has 1 aliphatic rings. The largest absolute Gasteiger partial charge is 0.445 e. The minimum absolute atomic E-state index is 0.170. The number of carbonyl (C=O) groups is 2. The molecule has 2 rings (SSSR count). The van der Waals surface area contributed by atoms with Gasteiger partial charge in [0.1, 0.15) is 12.2 Å². The summed E-state index contributed by atoms with van der Waals surface area (Å²) >= 11 is 9.91. The van der Waals surface area contributed by atoms with E-state index in [-0.39, 0.29) is 13.2 Å². The van der Waals surface area contributed by atoms with Crippen molar-refractivity contribution in [2.24, 2.45) is 15.1 Å². The van der Waals surface area contributed by atoms with Crippen LogP contribution < -0.4 is 10.6 Å². The third-order valence-electron chi connectivity index (χ3n) is 3.71. The zero-order chi connectivity index (χ0) is 22.6. The van der Waals surface area contributed by atoms with Gasteiger partial charge in [0.15, 0.2) is 0 Å². The first-order valence-electron chi connectivity index (χ1n) is 8.98. The molecule has 12 heteroatoms. The Hall–Kier alpha value is -2.66. The Labute approximate surface area is 185 Å². The number of carbonyl (C=O) groups excluding carboxylic acids is 2. The normalized spacial score (nSPS) is 14.0. The number of ether oxygens (including phenoxy) is 2. The SMILES string of the molecule is CC(C)(C)OC(=O)NCC(=S)C1(NC(=O)OCc2ccccc2)CC1.N=NN=NCl. The van der Waals surface area contributed by atoms with E-state index in [1.165, 1.54) is 0 Å². The molecule has 30 heavy (non-hydrogen) atoms. The standard InChI is InChI=1S/C18H24N2O4S.ClHN4/c1-17(2,3)24-15(21)19-11-14(25)18(9-10-18)20-16(22)23-12-13-7-5-4-6-8-13;1-3-5-4-2/h4-8H,9-12H2,1-3H3,(H,19,21)(H,20,22);2H. The third kappa shape index (κ3) is 10.2. The molecular weight excluding hydrogens is 432 g/mol. The first-order chi connectivity index (χ1) is 14.1. The zero-order valence-corrected chi connectivity index (χ0v) is 18.5. The fourth-order valence-corrected chi connectivity index (χ4v) is 2.57. The molecule has 0 saturated heterocycles. The number of halogens is 1. The number of benzene rings is 1. The van der Waals surface area contributed by atoms with Crippen LogP contribution in [0.25, 0.3) is 0 Å². The van der Waals surface area contributed by atoms with Crippen LogP contribution >= 0.6 is 24.0 Å². The number of hydrogen-bond donors (Lipinski definition) is 3. The number of nitrogens with zero attached hydrogens (tertiary/aromatic N) is 3. The maximum Gasteiger partial charge on any atom is 0.408 e. The maximum atomic E-state index is 12.0. The van der Waals surface area contributed by atoms with Gasteiger partial charge in [-0.1, -0.05) is 47.2 Å². The quantitative estimate of drug-likeness (QED) is 0.305. The van der Waals surface area contributed by atoms with Crippen molar-refractivity contribution in [3.05, 3.63) is 35.9 Å². The summed E-state index contributed by atoms with van der Waals surface area (Å²) in [5.74, 6) is 0. The first-order valence-corrected chi connectivity index (χ1v) is 9.73. The molecule has 1 aromatic rings. The second-order valence-corrected chi connectivity index (χ2v) is 7.96. The van der Waals surface area contributed by atoms with Crippen molar-refractivity contribution in [1.82, 2.24) is 10.6 Å². The van der Waals surface area contributed by atoms with Crippen molar-refractivity contribution in [2.75, 3.05) is 6.54 Å². The summed E-state index contributed by atoms with van der Waals surface area (Å²) in [4.78, 5) is 24.2. The van der Waals surface area contributed by atoms with Gasteiger partial charge >= 0.3 is 12.2 Å². The highest BCUT2D eigenvalue weighted by molar-refractivity contribution is 7.80. The lowest BCUT2D eigenvalue weighted by Crippen LogP contribution is -2.47. The predicted octanol–water partition coefficient (Wildman–Crippen LogP) is 4.88. The van der Waals surface area contributed by atoms with Crippen LogP contribution in [-0.4, -0.2) is 34.7 Å². The van der Waals surface area contributed by atoms with Gasteiger partial charge in [-0.25, -0.2) is 9.59 Å². The highest BCUT2D eigenvalue weighted by atomic mass is 35.5. The molecule has 0 atom stereocenters. The Kier molecular flexibility index (Phi) is 10.3. The lowest BCUT2D eigenvalue weighted by atomic mass is 10.2. The van der Waals surface area contributed by atoms with Crippen LogP contribution in [0.5, 0.6) is 0 Å². The molecule has 0 bridgehead atoms. The molecule has 1 aliphatic carbocycles. The van der Waals surface area contributed by atoms with Gasteiger partial charge in [-0.2, -0.15) is 5.53 Å². The lowest BCUT2D eigenvalue weighted by molar-refractivity contribution is 0.0536. The molecule has 2 amide bonds. The molecule has 1 fully saturated rings. The van der Waals surface area contributed by atoms with Crippen LogP contribution in [0, 0.1) is 5.53 Å². The second-order valence-electron chi connectivity index (χ2n) is 7.31. The summed E-state index contributed by atoms with van der Waals surface area (Å²) in [6.45, 7) is 5.74. The van der Waals surface area contributed by atoms with Gasteiger partial charge in [0.2, 0.25) is 0 Å². The van der Waals surface area contributed by atoms with Crippen molar-refractivity contribution in [3.8, 4) is 0 Å². The Morgan fingerprint density at radius 1 is 1.23 bits per heavy atom. The number of amides is 2. The summed E-state index contributed by atoms with van der Waals surface area (Å²) in [5.41, 5.74) is 5.66. The molecule has 10 nitrogen and oxygen atoms in total. The molecule has 0 heterocycles. The molecule has 0 aromatic heterocycles. The molecule has 0 spiro atoms. The predicted molar refractivity (Wildman–Crippen MR) is 114 cm³/mol. The molecule has 0 radical (unpaired) electrons. The lowest BCUT2D eigenvalue weighted by Gasteiger charge is -2.22. The average Bonchev–Trinajstić information content (AvgIpc) is 3.46. The summed E-state index contributed by atoms with van der Waals surface area (Å²) in [6.07, 6.45) is 0.433. The Morgan fingerprint density at radius 2 is 1.87 bits per heavy atom. The number of alkyl carbamates (subject to hydrolysis) is 2. The molecular formula is C18H25ClN6O4S. The number of rotatable bonds is 7. The Bertz CT molecular complexity index is 766. The topological polar surface area (TPSA) is 138 Å². The first kappa shape index (κ1) is 25.4. The van der Waals surface area contributed by atoms with Gasteiger partial charge in [-0.05, 0) is 49.6 Å². The summed E-state index contributed by atoms with van der Waals surface area (Å²) < 4.78 is 13.0. The van der Waals surface area contributed by atoms with Crippen LogP contribution in [-0.2, 0) is 16.1 Å². The van der Waals surface area contributed by atoms with E-state index in [9.17, 15) is 9.59 Å². The van der Waals surface area contributed by atoms with E-state index >= 15 is 0 Å². The van der Waals surface area contributed by atoms with Crippen molar-refractivity contribution >= 4 is 41.0 Å². The maximum absolute atomic E-state index is 12.0. The molecule has 1 saturated carbocycles. The second kappa shape index (κ2) is 12.1. The number of hydrogen-bond acceptors (Lipinski definition) is 7. The van der Waals surface area contributed by atoms with Crippen LogP contribution in [0.1, 0.15) is 39.2 Å². The Morgan fingerprint density at radius 3 is 2.33 bits per heavy atom.